The van der Waals surface area contributed by atoms with Gasteiger partial charge in [-0.05, 0) is 25.5 Å². The molecule has 0 amide bonds. The van der Waals surface area contributed by atoms with Gasteiger partial charge in [0.15, 0.2) is 0 Å². The number of allylic oxidation sites excluding steroid dienone is 1. The van der Waals surface area contributed by atoms with Crippen LogP contribution in [0.5, 0.6) is 0 Å². The Labute approximate surface area is 120 Å². The lowest BCUT2D eigenvalue weighted by atomic mass is 10.2. The van der Waals surface area contributed by atoms with E-state index in [4.69, 9.17) is 11.6 Å². The lowest BCUT2D eigenvalue weighted by molar-refractivity contribution is 0.724. The SMILES string of the molecule is CCCC=Cc1cc(N2CCCNCC2)cnc1Cl. The number of nitrogens with one attached hydrogen (secondary N) is 1. The molecular weight excluding hydrogens is 258 g/mol. The number of nitrogens with zero attached hydrogens (tertiary/aromatic N) is 2. The zero-order valence-corrected chi connectivity index (χ0v) is 12.3. The highest BCUT2D eigenvalue weighted by Crippen LogP contribution is 2.22. The number of rotatable bonds is 4. The number of hydrogen-bond acceptors (Lipinski definition) is 3. The summed E-state index contributed by atoms with van der Waals surface area (Å²) in [6.07, 6.45) is 9.52. The first-order valence-electron chi connectivity index (χ1n) is 7.09. The Bertz CT molecular complexity index is 423. The summed E-state index contributed by atoms with van der Waals surface area (Å²) in [5.41, 5.74) is 2.19. The molecule has 2 heterocycles. The summed E-state index contributed by atoms with van der Waals surface area (Å²) in [6.45, 7) is 6.41. The van der Waals surface area contributed by atoms with E-state index >= 15 is 0 Å². The van der Waals surface area contributed by atoms with Crippen LogP contribution in [0.15, 0.2) is 18.3 Å². The van der Waals surface area contributed by atoms with Crippen LogP contribution in [0, 0.1) is 0 Å². The highest BCUT2D eigenvalue weighted by molar-refractivity contribution is 6.30. The smallest absolute Gasteiger partial charge is 0.136 e. The van der Waals surface area contributed by atoms with E-state index < -0.39 is 0 Å². The standard InChI is InChI=1S/C15H22ClN3/c1-2-3-4-6-13-11-14(12-18-15(13)16)19-9-5-7-17-8-10-19/h4,6,11-12,17H,2-3,5,7-10H2,1H3. The van der Waals surface area contributed by atoms with Gasteiger partial charge in [-0.25, -0.2) is 4.98 Å². The van der Waals surface area contributed by atoms with Gasteiger partial charge in [-0.2, -0.15) is 0 Å². The van der Waals surface area contributed by atoms with Crippen LogP contribution in [-0.4, -0.2) is 31.2 Å². The minimum Gasteiger partial charge on any atom is -0.369 e. The van der Waals surface area contributed by atoms with Crippen molar-refractivity contribution in [2.75, 3.05) is 31.1 Å². The Kier molecular flexibility index (Phi) is 5.67. The van der Waals surface area contributed by atoms with Crippen molar-refractivity contribution >= 4 is 23.4 Å². The topological polar surface area (TPSA) is 28.2 Å². The van der Waals surface area contributed by atoms with Gasteiger partial charge in [0.1, 0.15) is 5.15 Å². The van der Waals surface area contributed by atoms with E-state index in [-0.39, 0.29) is 0 Å². The molecule has 104 valence electrons. The van der Waals surface area contributed by atoms with Gasteiger partial charge < -0.3 is 10.2 Å². The first-order chi connectivity index (χ1) is 9.31. The molecule has 1 fully saturated rings. The average Bonchev–Trinajstić information content (AvgIpc) is 2.70. The predicted octanol–water partition coefficient (Wildman–Crippen LogP) is 3.35. The van der Waals surface area contributed by atoms with Crippen LogP contribution >= 0.6 is 11.6 Å². The molecule has 4 heteroatoms. The van der Waals surface area contributed by atoms with Gasteiger partial charge in [-0.1, -0.05) is 37.1 Å². The third-order valence-electron chi connectivity index (χ3n) is 3.31. The highest BCUT2D eigenvalue weighted by atomic mass is 35.5. The Morgan fingerprint density at radius 1 is 1.42 bits per heavy atom. The monoisotopic (exact) mass is 279 g/mol. The van der Waals surface area contributed by atoms with Gasteiger partial charge in [0, 0.05) is 25.2 Å². The number of aromatic nitrogens is 1. The van der Waals surface area contributed by atoms with E-state index in [1.807, 2.05) is 6.20 Å². The second-order valence-electron chi connectivity index (χ2n) is 4.86. The van der Waals surface area contributed by atoms with Gasteiger partial charge in [-0.3, -0.25) is 0 Å². The molecule has 0 spiro atoms. The first-order valence-corrected chi connectivity index (χ1v) is 7.47. The van der Waals surface area contributed by atoms with Crippen molar-refractivity contribution < 1.29 is 0 Å². The van der Waals surface area contributed by atoms with Crippen LogP contribution in [-0.2, 0) is 0 Å². The number of pyridine rings is 1. The third-order valence-corrected chi connectivity index (χ3v) is 3.63. The summed E-state index contributed by atoms with van der Waals surface area (Å²) in [5, 5.41) is 4.00. The first kappa shape index (κ1) is 14.4. The molecule has 0 aliphatic carbocycles. The molecule has 0 aromatic carbocycles. The van der Waals surface area contributed by atoms with Gasteiger partial charge in [0.25, 0.3) is 0 Å². The van der Waals surface area contributed by atoms with Gasteiger partial charge in [0.2, 0.25) is 0 Å². The average molecular weight is 280 g/mol. The quantitative estimate of drug-likeness (QED) is 0.857. The van der Waals surface area contributed by atoms with Crippen molar-refractivity contribution in [3.8, 4) is 0 Å². The number of unbranched alkanes of at least 4 members (excludes halogenated alkanes) is 1. The lowest BCUT2D eigenvalue weighted by Gasteiger charge is -2.22. The van der Waals surface area contributed by atoms with Gasteiger partial charge in [0.05, 0.1) is 11.9 Å². The van der Waals surface area contributed by atoms with Gasteiger partial charge in [-0.15, -0.1) is 0 Å². The van der Waals surface area contributed by atoms with Crippen molar-refractivity contribution in [2.24, 2.45) is 0 Å². The molecule has 1 aliphatic rings. The fraction of sp³-hybridized carbons (Fsp3) is 0.533. The molecule has 1 N–H and O–H groups in total. The van der Waals surface area contributed by atoms with Crippen LogP contribution < -0.4 is 10.2 Å². The Morgan fingerprint density at radius 3 is 3.16 bits per heavy atom. The Hall–Kier alpha value is -1.06. The van der Waals surface area contributed by atoms with Crippen LogP contribution in [0.3, 0.4) is 0 Å². The van der Waals surface area contributed by atoms with Crippen molar-refractivity contribution in [3.05, 3.63) is 29.1 Å². The highest BCUT2D eigenvalue weighted by Gasteiger charge is 2.11. The molecule has 0 radical (unpaired) electrons. The van der Waals surface area contributed by atoms with Crippen LogP contribution in [0.1, 0.15) is 31.7 Å². The van der Waals surface area contributed by atoms with Crippen molar-refractivity contribution in [1.82, 2.24) is 10.3 Å². The molecule has 19 heavy (non-hydrogen) atoms. The zero-order valence-electron chi connectivity index (χ0n) is 11.5. The second kappa shape index (κ2) is 7.51. The Morgan fingerprint density at radius 2 is 2.32 bits per heavy atom. The zero-order chi connectivity index (χ0) is 13.5. The normalized spacial score (nSPS) is 16.8. The maximum Gasteiger partial charge on any atom is 0.136 e. The minimum absolute atomic E-state index is 0.587. The molecular formula is C15H22ClN3. The maximum atomic E-state index is 6.15. The van der Waals surface area contributed by atoms with Crippen LogP contribution in [0.25, 0.3) is 6.08 Å². The van der Waals surface area contributed by atoms with Crippen LogP contribution in [0.4, 0.5) is 5.69 Å². The summed E-state index contributed by atoms with van der Waals surface area (Å²) >= 11 is 6.15. The Balaban J connectivity index is 2.14. The fourth-order valence-corrected chi connectivity index (χ4v) is 2.39. The molecule has 1 aromatic heterocycles. The molecule has 0 atom stereocenters. The lowest BCUT2D eigenvalue weighted by Crippen LogP contribution is -2.27. The summed E-state index contributed by atoms with van der Waals surface area (Å²) in [6, 6.07) is 2.15. The number of hydrogen-bond donors (Lipinski definition) is 1. The van der Waals surface area contributed by atoms with E-state index in [2.05, 4.69) is 40.3 Å². The number of anilines is 1. The van der Waals surface area contributed by atoms with Crippen LogP contribution in [0.2, 0.25) is 5.15 Å². The summed E-state index contributed by atoms with van der Waals surface area (Å²) in [5.74, 6) is 0. The molecule has 0 unspecified atom stereocenters. The molecule has 1 aliphatic heterocycles. The minimum atomic E-state index is 0.587. The van der Waals surface area contributed by atoms with Gasteiger partial charge >= 0.3 is 0 Å². The van der Waals surface area contributed by atoms with E-state index in [9.17, 15) is 0 Å². The van der Waals surface area contributed by atoms with E-state index in [0.717, 1.165) is 44.6 Å². The predicted molar refractivity (Wildman–Crippen MR) is 82.9 cm³/mol. The summed E-state index contributed by atoms with van der Waals surface area (Å²) in [4.78, 5) is 6.69. The molecule has 3 nitrogen and oxygen atoms in total. The summed E-state index contributed by atoms with van der Waals surface area (Å²) < 4.78 is 0. The summed E-state index contributed by atoms with van der Waals surface area (Å²) in [7, 11) is 0. The molecule has 0 bridgehead atoms. The third kappa shape index (κ3) is 4.22. The molecule has 1 saturated heterocycles. The molecule has 2 rings (SSSR count). The second-order valence-corrected chi connectivity index (χ2v) is 5.21. The van der Waals surface area contributed by atoms with Crippen molar-refractivity contribution in [2.45, 2.75) is 26.2 Å². The number of halogens is 1. The van der Waals surface area contributed by atoms with E-state index in [1.165, 1.54) is 12.1 Å². The largest absolute Gasteiger partial charge is 0.369 e. The van der Waals surface area contributed by atoms with E-state index in [0.29, 0.717) is 5.15 Å². The van der Waals surface area contributed by atoms with Crippen molar-refractivity contribution in [3.63, 3.8) is 0 Å². The van der Waals surface area contributed by atoms with E-state index in [1.54, 1.807) is 0 Å². The van der Waals surface area contributed by atoms with Crippen molar-refractivity contribution in [1.29, 1.82) is 0 Å². The molecule has 1 aromatic rings. The molecule has 0 saturated carbocycles. The maximum absolute atomic E-state index is 6.15. The fourth-order valence-electron chi connectivity index (χ4n) is 2.22.